The van der Waals surface area contributed by atoms with Crippen molar-refractivity contribution in [2.24, 2.45) is 0 Å². The zero-order valence-corrected chi connectivity index (χ0v) is 20.1. The number of Topliss-reactive ketones (excluding diaryl/α,β-unsaturated/α-hetero) is 1. The second kappa shape index (κ2) is 9.29. The Hall–Kier alpha value is -4.06. The van der Waals surface area contributed by atoms with Gasteiger partial charge in [0.05, 0.1) is 31.6 Å². The number of nitrogens with zero attached hydrogens (tertiary/aromatic N) is 1. The molecule has 0 aromatic heterocycles. The predicted octanol–water partition coefficient (Wildman–Crippen LogP) is 5.62. The van der Waals surface area contributed by atoms with Crippen molar-refractivity contribution in [2.75, 3.05) is 24.4 Å². The summed E-state index contributed by atoms with van der Waals surface area (Å²) < 4.78 is 10.8. The van der Waals surface area contributed by atoms with Crippen LogP contribution in [0.4, 0.5) is 11.4 Å². The molecule has 1 amide bonds. The van der Waals surface area contributed by atoms with E-state index in [2.05, 4.69) is 5.32 Å². The van der Waals surface area contributed by atoms with E-state index in [-0.39, 0.29) is 17.6 Å². The van der Waals surface area contributed by atoms with E-state index in [0.29, 0.717) is 24.2 Å². The molecule has 0 spiro atoms. The first-order chi connectivity index (χ1) is 17.0. The molecule has 6 heteroatoms. The fourth-order valence-corrected chi connectivity index (χ4v) is 5.18. The second-order valence-electron chi connectivity index (χ2n) is 8.90. The van der Waals surface area contributed by atoms with Gasteiger partial charge in [-0.05, 0) is 59.9 Å². The number of fused-ring (bicyclic) bond motifs is 1. The Morgan fingerprint density at radius 3 is 2.34 bits per heavy atom. The maximum atomic E-state index is 13.9. The number of methoxy groups -OCH3 is 2. The molecule has 2 atom stereocenters. The highest BCUT2D eigenvalue weighted by atomic mass is 16.5. The molecule has 178 valence electrons. The number of allylic oxidation sites excluding steroid dienone is 1. The van der Waals surface area contributed by atoms with Gasteiger partial charge in [0.25, 0.3) is 0 Å². The third-order valence-corrected chi connectivity index (χ3v) is 6.82. The lowest BCUT2D eigenvalue weighted by molar-refractivity contribution is -0.117. The number of nitrogens with one attached hydrogen (secondary N) is 1. The number of para-hydroxylation sites is 2. The lowest BCUT2D eigenvalue weighted by Gasteiger charge is -2.34. The van der Waals surface area contributed by atoms with E-state index in [0.717, 1.165) is 33.9 Å². The van der Waals surface area contributed by atoms with Gasteiger partial charge < -0.3 is 14.8 Å². The van der Waals surface area contributed by atoms with Crippen LogP contribution in [0.25, 0.3) is 0 Å². The van der Waals surface area contributed by atoms with Crippen molar-refractivity contribution in [1.29, 1.82) is 0 Å². The fraction of sp³-hybridized carbons (Fsp3) is 0.241. The largest absolute Gasteiger partial charge is 0.497 e. The number of anilines is 2. The molecule has 0 bridgehead atoms. The Kier molecular flexibility index (Phi) is 6.03. The highest BCUT2D eigenvalue weighted by Gasteiger charge is 2.40. The number of hydrogen-bond acceptors (Lipinski definition) is 5. The standard InChI is InChI=1S/C29H28N2O4/c1-18(32)31-26-10-5-4-9-24(26)30-25-16-21(19-11-13-22(34-2)14-12-19)17-27(33)28(25)29(31)20-7-6-8-23(15-20)35-3/h4-15,21,29-30H,16-17H2,1-3H3/t21-,29-/m1/s1. The van der Waals surface area contributed by atoms with Crippen molar-refractivity contribution in [2.45, 2.75) is 31.7 Å². The molecule has 0 fully saturated rings. The molecule has 3 aromatic carbocycles. The van der Waals surface area contributed by atoms with E-state index in [1.165, 1.54) is 0 Å². The summed E-state index contributed by atoms with van der Waals surface area (Å²) in [6, 6.07) is 22.7. The van der Waals surface area contributed by atoms with Gasteiger partial charge >= 0.3 is 0 Å². The van der Waals surface area contributed by atoms with E-state index in [9.17, 15) is 9.59 Å². The molecular weight excluding hydrogens is 440 g/mol. The number of carbonyl (C=O) groups is 2. The zero-order chi connectivity index (χ0) is 24.5. The first-order valence-electron chi connectivity index (χ1n) is 11.7. The molecule has 1 aliphatic heterocycles. The molecule has 3 aromatic rings. The van der Waals surface area contributed by atoms with Crippen LogP contribution in [0, 0.1) is 0 Å². The molecule has 6 nitrogen and oxygen atoms in total. The molecular formula is C29H28N2O4. The Morgan fingerprint density at radius 1 is 0.886 bits per heavy atom. The molecule has 1 aliphatic carbocycles. The number of benzene rings is 3. The summed E-state index contributed by atoms with van der Waals surface area (Å²) in [5, 5.41) is 3.54. The highest BCUT2D eigenvalue weighted by molar-refractivity contribution is 6.06. The Bertz CT molecular complexity index is 1310. The van der Waals surface area contributed by atoms with Crippen molar-refractivity contribution in [3.05, 3.63) is 95.2 Å². The second-order valence-corrected chi connectivity index (χ2v) is 8.90. The number of rotatable bonds is 4. The number of hydrogen-bond donors (Lipinski definition) is 1. The van der Waals surface area contributed by atoms with E-state index in [1.54, 1.807) is 26.0 Å². The number of carbonyl (C=O) groups excluding carboxylic acids is 2. The minimum Gasteiger partial charge on any atom is -0.497 e. The highest BCUT2D eigenvalue weighted by Crippen LogP contribution is 2.47. The van der Waals surface area contributed by atoms with Crippen LogP contribution in [0.3, 0.4) is 0 Å². The molecule has 35 heavy (non-hydrogen) atoms. The smallest absolute Gasteiger partial charge is 0.224 e. The molecule has 5 rings (SSSR count). The van der Waals surface area contributed by atoms with Crippen LogP contribution < -0.4 is 19.7 Å². The van der Waals surface area contributed by atoms with Crippen molar-refractivity contribution in [1.82, 2.24) is 0 Å². The van der Waals surface area contributed by atoms with Crippen molar-refractivity contribution >= 4 is 23.1 Å². The Labute approximate surface area is 205 Å². The van der Waals surface area contributed by atoms with E-state index >= 15 is 0 Å². The minimum atomic E-state index is -0.557. The zero-order valence-electron chi connectivity index (χ0n) is 20.1. The minimum absolute atomic E-state index is 0.0293. The lowest BCUT2D eigenvalue weighted by atomic mass is 9.78. The van der Waals surface area contributed by atoms with Crippen molar-refractivity contribution in [3.8, 4) is 11.5 Å². The van der Waals surface area contributed by atoms with Crippen LogP contribution >= 0.6 is 0 Å². The molecule has 0 saturated heterocycles. The Morgan fingerprint density at radius 2 is 1.63 bits per heavy atom. The maximum Gasteiger partial charge on any atom is 0.224 e. The van der Waals surface area contributed by atoms with E-state index in [4.69, 9.17) is 9.47 Å². The van der Waals surface area contributed by atoms with Crippen LogP contribution in [0.15, 0.2) is 84.1 Å². The number of ether oxygens (including phenoxy) is 2. The van der Waals surface area contributed by atoms with Gasteiger partial charge in [0, 0.05) is 24.6 Å². The van der Waals surface area contributed by atoms with Crippen LogP contribution in [0.1, 0.15) is 42.9 Å². The third-order valence-electron chi connectivity index (χ3n) is 6.82. The van der Waals surface area contributed by atoms with Gasteiger partial charge in [0.2, 0.25) is 5.91 Å². The Balaban J connectivity index is 1.67. The van der Waals surface area contributed by atoms with Gasteiger partial charge in [0.15, 0.2) is 5.78 Å². The summed E-state index contributed by atoms with van der Waals surface area (Å²) in [6.07, 6.45) is 1.03. The van der Waals surface area contributed by atoms with Crippen LogP contribution in [-0.2, 0) is 9.59 Å². The first-order valence-corrected chi connectivity index (χ1v) is 11.7. The number of ketones is 1. The first kappa shape index (κ1) is 22.7. The average molecular weight is 469 g/mol. The monoisotopic (exact) mass is 468 g/mol. The van der Waals surface area contributed by atoms with Crippen LogP contribution in [0.5, 0.6) is 11.5 Å². The van der Waals surface area contributed by atoms with Gasteiger partial charge in [-0.25, -0.2) is 0 Å². The number of amides is 1. The molecule has 1 N–H and O–H groups in total. The van der Waals surface area contributed by atoms with E-state index < -0.39 is 6.04 Å². The summed E-state index contributed by atoms with van der Waals surface area (Å²) >= 11 is 0. The van der Waals surface area contributed by atoms with Gasteiger partial charge in [-0.1, -0.05) is 36.4 Å². The van der Waals surface area contributed by atoms with Gasteiger partial charge in [-0.2, -0.15) is 0 Å². The normalized spacial score (nSPS) is 19.3. The molecule has 0 saturated carbocycles. The summed E-state index contributed by atoms with van der Waals surface area (Å²) in [5.74, 6) is 1.39. The van der Waals surface area contributed by atoms with E-state index in [1.807, 2.05) is 72.8 Å². The van der Waals surface area contributed by atoms with Crippen LogP contribution in [-0.4, -0.2) is 25.9 Å². The molecule has 0 radical (unpaired) electrons. The van der Waals surface area contributed by atoms with Gasteiger partial charge in [0.1, 0.15) is 11.5 Å². The lowest BCUT2D eigenvalue weighted by Crippen LogP contribution is -2.37. The predicted molar refractivity (Wildman–Crippen MR) is 136 cm³/mol. The van der Waals surface area contributed by atoms with Gasteiger partial charge in [-0.3, -0.25) is 14.5 Å². The average Bonchev–Trinajstić information content (AvgIpc) is 3.03. The van der Waals surface area contributed by atoms with Gasteiger partial charge in [-0.15, -0.1) is 0 Å². The molecule has 2 aliphatic rings. The summed E-state index contributed by atoms with van der Waals surface area (Å²) in [5.41, 5.74) is 4.97. The summed E-state index contributed by atoms with van der Waals surface area (Å²) in [4.78, 5) is 28.7. The quantitative estimate of drug-likeness (QED) is 0.538. The third kappa shape index (κ3) is 4.16. The fourth-order valence-electron chi connectivity index (χ4n) is 5.18. The molecule has 0 unspecified atom stereocenters. The van der Waals surface area contributed by atoms with Crippen molar-refractivity contribution in [3.63, 3.8) is 0 Å². The van der Waals surface area contributed by atoms with Crippen LogP contribution in [0.2, 0.25) is 0 Å². The SMILES string of the molecule is COc1ccc([C@H]2CC(=O)C3=C(C2)Nc2ccccc2N(C(C)=O)[C@@H]3c2cccc(OC)c2)cc1. The summed E-state index contributed by atoms with van der Waals surface area (Å²) in [7, 11) is 3.25. The van der Waals surface area contributed by atoms with Crippen molar-refractivity contribution < 1.29 is 19.1 Å². The maximum absolute atomic E-state index is 13.9. The summed E-state index contributed by atoms with van der Waals surface area (Å²) in [6.45, 7) is 1.54. The topological polar surface area (TPSA) is 67.9 Å². The molecule has 1 heterocycles.